The van der Waals surface area contributed by atoms with Gasteiger partial charge in [0.05, 0.1) is 5.69 Å². The molecule has 4 aromatic rings. The van der Waals surface area contributed by atoms with E-state index in [-0.39, 0.29) is 5.54 Å². The second-order valence-corrected chi connectivity index (χ2v) is 10.5. The number of hydrogen-bond donors (Lipinski definition) is 3. The van der Waals surface area contributed by atoms with E-state index in [9.17, 15) is 4.79 Å². The van der Waals surface area contributed by atoms with Crippen LogP contribution in [0.5, 0.6) is 0 Å². The summed E-state index contributed by atoms with van der Waals surface area (Å²) in [5.41, 5.74) is 3.95. The number of alkyl halides is 1. The molecule has 190 valence electrons. The zero-order chi connectivity index (χ0) is 25.1. The number of carbonyl (C=O) groups excluding carboxylic acids is 1. The lowest BCUT2D eigenvalue weighted by Gasteiger charge is -2.61. The average Bonchev–Trinajstić information content (AvgIpc) is 3.58. The number of carbonyl (C=O) groups is 1. The fourth-order valence-corrected chi connectivity index (χ4v) is 6.12. The Morgan fingerprint density at radius 3 is 2.89 bits per heavy atom. The Bertz CT molecular complexity index is 1470. The molecule has 4 aromatic heterocycles. The van der Waals surface area contributed by atoms with Crippen molar-refractivity contribution < 1.29 is 13.9 Å². The van der Waals surface area contributed by atoms with Crippen molar-refractivity contribution in [3.63, 3.8) is 0 Å². The number of amides is 1. The maximum absolute atomic E-state index is 15.3. The van der Waals surface area contributed by atoms with E-state index >= 15 is 4.39 Å². The number of alkyl carbamates (subject to hydrolysis) is 1. The smallest absolute Gasteiger partial charge is 0.407 e. The van der Waals surface area contributed by atoms with E-state index in [1.54, 1.807) is 24.7 Å². The SMILES string of the molecule is Cc1nc(Nc2cc([C@H]3CC[C@@H](OC(=O)NC45CC(C4)C5)[C@H]3F)[nH]n2)n2ccnc2c1-c1cccnc1. The lowest BCUT2D eigenvalue weighted by molar-refractivity contribution is -0.0532. The zero-order valence-corrected chi connectivity index (χ0v) is 20.3. The van der Waals surface area contributed by atoms with Crippen LogP contribution in [0.4, 0.5) is 21.0 Å². The van der Waals surface area contributed by atoms with E-state index in [4.69, 9.17) is 9.72 Å². The molecule has 4 aliphatic carbocycles. The molecule has 3 N–H and O–H groups in total. The van der Waals surface area contributed by atoms with E-state index in [0.717, 1.165) is 47.6 Å². The maximum atomic E-state index is 15.3. The van der Waals surface area contributed by atoms with Gasteiger partial charge in [-0.15, -0.1) is 0 Å². The normalized spacial score (nSPS) is 27.9. The zero-order valence-electron chi connectivity index (χ0n) is 20.3. The topological polar surface area (TPSA) is 122 Å². The third-order valence-corrected chi connectivity index (χ3v) is 8.08. The molecule has 4 saturated carbocycles. The number of aromatic amines is 1. The number of rotatable bonds is 6. The van der Waals surface area contributed by atoms with Gasteiger partial charge in [-0.3, -0.25) is 14.5 Å². The average molecular weight is 503 g/mol. The molecule has 3 atom stereocenters. The van der Waals surface area contributed by atoms with Crippen molar-refractivity contribution in [3.8, 4) is 11.1 Å². The minimum absolute atomic E-state index is 0.0846. The molecule has 2 bridgehead atoms. The van der Waals surface area contributed by atoms with Gasteiger partial charge in [0, 0.05) is 59.1 Å². The summed E-state index contributed by atoms with van der Waals surface area (Å²) < 4.78 is 22.6. The highest BCUT2D eigenvalue weighted by atomic mass is 19.1. The lowest BCUT2D eigenvalue weighted by atomic mass is 9.50. The van der Waals surface area contributed by atoms with Crippen LogP contribution in [-0.2, 0) is 4.74 Å². The molecular weight excluding hydrogens is 475 g/mol. The van der Waals surface area contributed by atoms with Gasteiger partial charge < -0.3 is 15.4 Å². The Labute approximate surface area is 212 Å². The van der Waals surface area contributed by atoms with Gasteiger partial charge in [0.15, 0.2) is 5.82 Å². The molecule has 4 aliphatic rings. The molecule has 11 heteroatoms. The molecule has 4 fully saturated rings. The minimum Gasteiger partial charge on any atom is -0.443 e. The monoisotopic (exact) mass is 502 g/mol. The highest BCUT2D eigenvalue weighted by Gasteiger charge is 2.58. The molecule has 0 saturated heterocycles. The number of H-pyrrole nitrogens is 1. The van der Waals surface area contributed by atoms with Gasteiger partial charge in [0.2, 0.25) is 5.95 Å². The fraction of sp³-hybridized carbons (Fsp3) is 0.423. The number of pyridine rings is 1. The highest BCUT2D eigenvalue weighted by Crippen LogP contribution is 2.57. The molecule has 8 rings (SSSR count). The van der Waals surface area contributed by atoms with Gasteiger partial charge in [-0.2, -0.15) is 5.10 Å². The molecule has 10 nitrogen and oxygen atoms in total. The van der Waals surface area contributed by atoms with Crippen molar-refractivity contribution in [1.82, 2.24) is 34.9 Å². The highest BCUT2D eigenvalue weighted by molar-refractivity contribution is 5.80. The first-order valence-corrected chi connectivity index (χ1v) is 12.7. The number of ether oxygens (including phenoxy) is 1. The summed E-state index contributed by atoms with van der Waals surface area (Å²) in [6.45, 7) is 1.93. The predicted molar refractivity (Wildman–Crippen MR) is 133 cm³/mol. The Morgan fingerprint density at radius 2 is 2.14 bits per heavy atom. The van der Waals surface area contributed by atoms with Crippen molar-refractivity contribution in [2.75, 3.05) is 5.32 Å². The largest absolute Gasteiger partial charge is 0.443 e. The van der Waals surface area contributed by atoms with Crippen LogP contribution < -0.4 is 10.6 Å². The first-order valence-electron chi connectivity index (χ1n) is 12.7. The number of nitrogens with one attached hydrogen (secondary N) is 3. The molecule has 0 aromatic carbocycles. The third kappa shape index (κ3) is 3.71. The Balaban J connectivity index is 1.06. The Morgan fingerprint density at radius 1 is 1.27 bits per heavy atom. The van der Waals surface area contributed by atoms with E-state index in [1.807, 2.05) is 29.7 Å². The molecule has 0 aliphatic heterocycles. The van der Waals surface area contributed by atoms with E-state index in [1.165, 1.54) is 0 Å². The summed E-state index contributed by atoms with van der Waals surface area (Å²) in [5.74, 6) is 1.39. The van der Waals surface area contributed by atoms with Crippen molar-refractivity contribution in [1.29, 1.82) is 0 Å². The summed E-state index contributed by atoms with van der Waals surface area (Å²) in [5, 5.41) is 13.5. The van der Waals surface area contributed by atoms with Crippen molar-refractivity contribution >= 4 is 23.5 Å². The lowest BCUT2D eigenvalue weighted by Crippen LogP contribution is -2.68. The number of fused-ring (bicyclic) bond motifs is 1. The number of anilines is 2. The molecule has 4 heterocycles. The van der Waals surface area contributed by atoms with E-state index in [2.05, 4.69) is 30.8 Å². The minimum atomic E-state index is -1.30. The predicted octanol–water partition coefficient (Wildman–Crippen LogP) is 4.43. The number of aryl methyl sites for hydroxylation is 1. The maximum Gasteiger partial charge on any atom is 0.407 e. The molecule has 37 heavy (non-hydrogen) atoms. The fourth-order valence-electron chi connectivity index (χ4n) is 6.12. The number of halogens is 1. The van der Waals surface area contributed by atoms with Crippen LogP contribution in [0.1, 0.15) is 49.4 Å². The second-order valence-electron chi connectivity index (χ2n) is 10.5. The van der Waals surface area contributed by atoms with Crippen LogP contribution in [0, 0.1) is 12.8 Å². The van der Waals surface area contributed by atoms with Crippen LogP contribution in [0.3, 0.4) is 0 Å². The van der Waals surface area contributed by atoms with Gasteiger partial charge in [-0.25, -0.2) is 19.2 Å². The van der Waals surface area contributed by atoms with Crippen LogP contribution in [0.25, 0.3) is 16.8 Å². The molecule has 0 unspecified atom stereocenters. The summed E-state index contributed by atoms with van der Waals surface area (Å²) in [6.07, 6.45) is 8.60. The van der Waals surface area contributed by atoms with Gasteiger partial charge in [-0.05, 0) is 51.0 Å². The van der Waals surface area contributed by atoms with E-state index in [0.29, 0.717) is 30.3 Å². The van der Waals surface area contributed by atoms with Gasteiger partial charge in [0.1, 0.15) is 17.9 Å². The van der Waals surface area contributed by atoms with Crippen LogP contribution in [0.2, 0.25) is 0 Å². The van der Waals surface area contributed by atoms with Crippen molar-refractivity contribution in [2.24, 2.45) is 5.92 Å². The quantitative estimate of drug-likeness (QED) is 0.357. The number of hydrogen-bond acceptors (Lipinski definition) is 7. The Hall–Kier alpha value is -4.02. The first kappa shape index (κ1) is 22.2. The van der Waals surface area contributed by atoms with Crippen molar-refractivity contribution in [2.45, 2.75) is 62.8 Å². The second kappa shape index (κ2) is 8.25. The number of nitrogens with zero attached hydrogens (tertiary/aromatic N) is 5. The molecule has 0 spiro atoms. The van der Waals surface area contributed by atoms with Crippen LogP contribution >= 0.6 is 0 Å². The van der Waals surface area contributed by atoms with Crippen molar-refractivity contribution in [3.05, 3.63) is 54.4 Å². The van der Waals surface area contributed by atoms with Crippen LogP contribution in [0.15, 0.2) is 43.0 Å². The standard InChI is InChI=1S/C26H27FN8O2/c1-14-21(16-3-2-6-28-13-16)23-29-7-8-35(23)24(30-14)31-20-9-18(33-34-20)17-4-5-19(22(17)27)37-25(36)32-26-10-15(11-26)12-26/h2-3,6-9,13,15,17,19,22H,4-5,10-12H2,1H3,(H,32,36)(H2,30,31,33,34)/t15?,17-,19-,22+,26?/m1/s1. The summed E-state index contributed by atoms with van der Waals surface area (Å²) >= 11 is 0. The number of imidazole rings is 1. The molecule has 0 radical (unpaired) electrons. The Kier molecular flexibility index (Phi) is 4.95. The molecule has 1 amide bonds. The van der Waals surface area contributed by atoms with Gasteiger partial charge >= 0.3 is 6.09 Å². The molecular formula is C26H27FN8O2. The summed E-state index contributed by atoms with van der Waals surface area (Å²) in [7, 11) is 0. The summed E-state index contributed by atoms with van der Waals surface area (Å²) in [6, 6.07) is 5.64. The number of aromatic nitrogens is 6. The van der Waals surface area contributed by atoms with Gasteiger partial charge in [-0.1, -0.05) is 6.07 Å². The summed E-state index contributed by atoms with van der Waals surface area (Å²) in [4.78, 5) is 25.8. The van der Waals surface area contributed by atoms with E-state index < -0.39 is 24.3 Å². The third-order valence-electron chi connectivity index (χ3n) is 8.08. The van der Waals surface area contributed by atoms with Crippen LogP contribution in [-0.4, -0.2) is 53.5 Å². The van der Waals surface area contributed by atoms with Gasteiger partial charge in [0.25, 0.3) is 0 Å². The first-order chi connectivity index (χ1) is 18.0.